The van der Waals surface area contributed by atoms with Crippen molar-refractivity contribution in [2.75, 3.05) is 0 Å². The molecule has 1 fully saturated rings. The largest absolute Gasteiger partial charge is 0.369 e. The van der Waals surface area contributed by atoms with Crippen molar-refractivity contribution in [3.05, 3.63) is 66.1 Å². The molecule has 0 bridgehead atoms. The normalized spacial score (nSPS) is 15.0. The maximum Gasteiger partial charge on any atom is 0.268 e. The second-order valence-electron chi connectivity index (χ2n) is 6.60. The standard InChI is InChI=1S/C19H18FN5O2S/c20-13-8-9-15-16(18(12-6-7-12)23-24-19(21)22)11-25(17(15)10-13)28(26,27)14-4-2-1-3-5-14/h1-5,8-12H,6-7H2,(H4,21,22,24). The van der Waals surface area contributed by atoms with Gasteiger partial charge in [0.05, 0.1) is 16.1 Å². The van der Waals surface area contributed by atoms with E-state index in [0.29, 0.717) is 16.7 Å². The molecule has 1 heterocycles. The zero-order chi connectivity index (χ0) is 19.9. The predicted octanol–water partition coefficient (Wildman–Crippen LogP) is 2.40. The molecule has 0 atom stereocenters. The summed E-state index contributed by atoms with van der Waals surface area (Å²) in [5, 5.41) is 8.46. The fourth-order valence-electron chi connectivity index (χ4n) is 3.10. The van der Waals surface area contributed by atoms with E-state index >= 15 is 0 Å². The number of hydrogen-bond acceptors (Lipinski definition) is 4. The van der Waals surface area contributed by atoms with Crippen LogP contribution in [-0.4, -0.2) is 24.1 Å². The molecule has 144 valence electrons. The van der Waals surface area contributed by atoms with Gasteiger partial charge in [-0.25, -0.2) is 16.8 Å². The van der Waals surface area contributed by atoms with Crippen LogP contribution >= 0.6 is 0 Å². The van der Waals surface area contributed by atoms with Crippen LogP contribution in [0.2, 0.25) is 0 Å². The first kappa shape index (κ1) is 18.2. The summed E-state index contributed by atoms with van der Waals surface area (Å²) in [5.74, 6) is -0.590. The second kappa shape index (κ2) is 6.75. The van der Waals surface area contributed by atoms with Crippen LogP contribution in [0, 0.1) is 11.7 Å². The molecule has 7 nitrogen and oxygen atoms in total. The molecular formula is C19H18FN5O2S. The molecule has 28 heavy (non-hydrogen) atoms. The molecule has 1 aliphatic rings. The van der Waals surface area contributed by atoms with Gasteiger partial charge in [0.2, 0.25) is 5.96 Å². The number of nitrogens with two attached hydrogens (primary N) is 2. The molecule has 0 unspecified atom stereocenters. The van der Waals surface area contributed by atoms with E-state index < -0.39 is 15.8 Å². The first-order valence-corrected chi connectivity index (χ1v) is 10.1. The number of nitrogens with zero attached hydrogens (tertiary/aromatic N) is 3. The monoisotopic (exact) mass is 399 g/mol. The average Bonchev–Trinajstić information content (AvgIpc) is 3.43. The summed E-state index contributed by atoms with van der Waals surface area (Å²) in [4.78, 5) is 0.108. The molecule has 0 saturated heterocycles. The van der Waals surface area contributed by atoms with E-state index in [1.807, 2.05) is 0 Å². The van der Waals surface area contributed by atoms with Crippen LogP contribution in [0.5, 0.6) is 0 Å². The van der Waals surface area contributed by atoms with Gasteiger partial charge in [0.25, 0.3) is 10.0 Å². The fourth-order valence-corrected chi connectivity index (χ4v) is 4.49. The average molecular weight is 399 g/mol. The number of fused-ring (bicyclic) bond motifs is 1. The molecule has 4 rings (SSSR count). The van der Waals surface area contributed by atoms with Crippen LogP contribution in [-0.2, 0) is 10.0 Å². The van der Waals surface area contributed by atoms with Gasteiger partial charge in [-0.15, -0.1) is 5.10 Å². The first-order valence-electron chi connectivity index (χ1n) is 8.66. The van der Waals surface area contributed by atoms with E-state index in [9.17, 15) is 12.8 Å². The smallest absolute Gasteiger partial charge is 0.268 e. The zero-order valence-electron chi connectivity index (χ0n) is 14.8. The summed E-state index contributed by atoms with van der Waals surface area (Å²) >= 11 is 0. The Bertz CT molecular complexity index is 1210. The molecule has 4 N–H and O–H groups in total. The molecular weight excluding hydrogens is 381 g/mol. The van der Waals surface area contributed by atoms with Crippen LogP contribution in [0.3, 0.4) is 0 Å². The van der Waals surface area contributed by atoms with E-state index in [-0.39, 0.29) is 22.3 Å². The number of aromatic nitrogens is 1. The summed E-state index contributed by atoms with van der Waals surface area (Å²) in [6, 6.07) is 12.0. The van der Waals surface area contributed by atoms with E-state index in [1.165, 1.54) is 30.5 Å². The van der Waals surface area contributed by atoms with Crippen LogP contribution in [0.15, 0.2) is 69.8 Å². The Labute approximate surface area is 161 Å². The van der Waals surface area contributed by atoms with Crippen molar-refractivity contribution in [3.8, 4) is 0 Å². The number of hydrogen-bond donors (Lipinski definition) is 2. The lowest BCUT2D eigenvalue weighted by Crippen LogP contribution is -2.22. The minimum absolute atomic E-state index is 0.108. The highest BCUT2D eigenvalue weighted by atomic mass is 32.2. The summed E-state index contributed by atoms with van der Waals surface area (Å²) in [7, 11) is -3.92. The lowest BCUT2D eigenvalue weighted by molar-refractivity contribution is 0.589. The van der Waals surface area contributed by atoms with Crippen molar-refractivity contribution in [2.24, 2.45) is 27.6 Å². The molecule has 3 aromatic rings. The van der Waals surface area contributed by atoms with E-state index in [2.05, 4.69) is 10.2 Å². The maximum atomic E-state index is 13.9. The summed E-state index contributed by atoms with van der Waals surface area (Å²) in [6.45, 7) is 0. The molecule has 2 aromatic carbocycles. The van der Waals surface area contributed by atoms with Crippen molar-refractivity contribution in [1.29, 1.82) is 0 Å². The summed E-state index contributed by atoms with van der Waals surface area (Å²) < 4.78 is 41.4. The van der Waals surface area contributed by atoms with Gasteiger partial charge in [0, 0.05) is 23.1 Å². The van der Waals surface area contributed by atoms with E-state index in [1.54, 1.807) is 24.3 Å². The first-order chi connectivity index (χ1) is 13.4. The lowest BCUT2D eigenvalue weighted by Gasteiger charge is -2.07. The second-order valence-corrected chi connectivity index (χ2v) is 8.42. The minimum atomic E-state index is -3.92. The van der Waals surface area contributed by atoms with Gasteiger partial charge in [-0.3, -0.25) is 0 Å². The summed E-state index contributed by atoms with van der Waals surface area (Å²) in [5.41, 5.74) is 12.2. The van der Waals surface area contributed by atoms with E-state index in [4.69, 9.17) is 11.5 Å². The molecule has 0 radical (unpaired) electrons. The SMILES string of the molecule is NC(N)=NN=C(c1cn(S(=O)(=O)c2ccccc2)c2cc(F)ccc12)C1CC1. The Morgan fingerprint density at radius 2 is 1.79 bits per heavy atom. The van der Waals surface area contributed by atoms with Gasteiger partial charge in [0.1, 0.15) is 5.82 Å². The Balaban J connectivity index is 1.98. The van der Waals surface area contributed by atoms with Crippen molar-refractivity contribution < 1.29 is 12.8 Å². The molecule has 1 aliphatic carbocycles. The highest BCUT2D eigenvalue weighted by Crippen LogP contribution is 2.37. The van der Waals surface area contributed by atoms with Crippen molar-refractivity contribution >= 4 is 32.6 Å². The molecule has 0 aliphatic heterocycles. The van der Waals surface area contributed by atoms with Gasteiger partial charge in [-0.05, 0) is 43.2 Å². The quantitative estimate of drug-likeness (QED) is 0.389. The van der Waals surface area contributed by atoms with Crippen molar-refractivity contribution in [3.63, 3.8) is 0 Å². The minimum Gasteiger partial charge on any atom is -0.369 e. The number of benzene rings is 2. The Morgan fingerprint density at radius 3 is 2.43 bits per heavy atom. The maximum absolute atomic E-state index is 13.9. The third-order valence-electron chi connectivity index (χ3n) is 4.55. The van der Waals surface area contributed by atoms with Gasteiger partial charge in [0.15, 0.2) is 0 Å². The highest BCUT2D eigenvalue weighted by Gasteiger charge is 2.32. The third-order valence-corrected chi connectivity index (χ3v) is 6.23. The number of rotatable bonds is 5. The van der Waals surface area contributed by atoms with Crippen molar-refractivity contribution in [1.82, 2.24) is 3.97 Å². The van der Waals surface area contributed by atoms with Crippen LogP contribution in [0.1, 0.15) is 18.4 Å². The number of guanidine groups is 1. The van der Waals surface area contributed by atoms with Gasteiger partial charge in [-0.1, -0.05) is 18.2 Å². The molecule has 0 amide bonds. The Hall–Kier alpha value is -3.20. The fraction of sp³-hybridized carbons (Fsp3) is 0.158. The van der Waals surface area contributed by atoms with E-state index in [0.717, 1.165) is 16.8 Å². The van der Waals surface area contributed by atoms with Gasteiger partial charge in [-0.2, -0.15) is 5.10 Å². The predicted molar refractivity (Wildman–Crippen MR) is 106 cm³/mol. The molecule has 0 spiro atoms. The lowest BCUT2D eigenvalue weighted by atomic mass is 10.1. The Morgan fingerprint density at radius 1 is 1.07 bits per heavy atom. The van der Waals surface area contributed by atoms with Crippen LogP contribution < -0.4 is 11.5 Å². The molecule has 1 saturated carbocycles. The number of halogens is 1. The van der Waals surface area contributed by atoms with Crippen LogP contribution in [0.4, 0.5) is 4.39 Å². The summed E-state index contributed by atoms with van der Waals surface area (Å²) in [6.07, 6.45) is 3.27. The molecule has 9 heteroatoms. The third kappa shape index (κ3) is 3.24. The van der Waals surface area contributed by atoms with Gasteiger partial charge < -0.3 is 11.5 Å². The highest BCUT2D eigenvalue weighted by molar-refractivity contribution is 7.90. The molecule has 1 aromatic heterocycles. The Kier molecular flexibility index (Phi) is 4.38. The van der Waals surface area contributed by atoms with Crippen molar-refractivity contribution in [2.45, 2.75) is 17.7 Å². The zero-order valence-corrected chi connectivity index (χ0v) is 15.6. The van der Waals surface area contributed by atoms with Crippen LogP contribution in [0.25, 0.3) is 10.9 Å². The van der Waals surface area contributed by atoms with Gasteiger partial charge >= 0.3 is 0 Å². The topological polar surface area (TPSA) is 116 Å².